The van der Waals surface area contributed by atoms with Crippen LogP contribution < -0.4 is 11.1 Å². The molecule has 154 valence electrons. The van der Waals surface area contributed by atoms with Gasteiger partial charge in [0.1, 0.15) is 12.1 Å². The Bertz CT molecular complexity index is 1170. The van der Waals surface area contributed by atoms with E-state index in [-0.39, 0.29) is 16.1 Å². The van der Waals surface area contributed by atoms with E-state index in [9.17, 15) is 4.39 Å². The van der Waals surface area contributed by atoms with Crippen LogP contribution in [0.25, 0.3) is 10.9 Å². The Hall–Kier alpha value is -2.88. The maximum Gasteiger partial charge on any atom is 0.165 e. The highest BCUT2D eigenvalue weighted by atomic mass is 35.5. The molecule has 0 aliphatic carbocycles. The zero-order valence-corrected chi connectivity index (χ0v) is 17.7. The van der Waals surface area contributed by atoms with Crippen molar-refractivity contribution in [1.82, 2.24) is 14.9 Å². The highest BCUT2D eigenvalue weighted by Crippen LogP contribution is 2.31. The third-order valence-corrected chi connectivity index (χ3v) is 5.69. The second-order valence-corrected chi connectivity index (χ2v) is 8.46. The lowest BCUT2D eigenvalue weighted by atomic mass is 9.82. The first-order valence-corrected chi connectivity index (χ1v) is 10.2. The van der Waals surface area contributed by atoms with Crippen LogP contribution in [0.15, 0.2) is 36.7 Å². The fourth-order valence-electron chi connectivity index (χ4n) is 3.87. The first-order valence-electron chi connectivity index (χ1n) is 9.82. The molecule has 5 nitrogen and oxygen atoms in total. The summed E-state index contributed by atoms with van der Waals surface area (Å²) >= 11 is 5.88. The summed E-state index contributed by atoms with van der Waals surface area (Å²) in [6.07, 6.45) is 3.63. The number of aromatic nitrogens is 2. The molecule has 30 heavy (non-hydrogen) atoms. The number of nitrogen functional groups attached to an aromatic ring is 1. The minimum absolute atomic E-state index is 0.0392. The topological polar surface area (TPSA) is 67.1 Å². The Kier molecular flexibility index (Phi) is 5.50. The van der Waals surface area contributed by atoms with Crippen LogP contribution in [0.2, 0.25) is 5.02 Å². The SMILES string of the molecule is CN1CCC[C@](C)(C#Cc2cc3ncnc(Nc4cccc(Cl)c4F)c3cc2N)C1. The summed E-state index contributed by atoms with van der Waals surface area (Å²) < 4.78 is 14.3. The number of rotatable bonds is 2. The van der Waals surface area contributed by atoms with Crippen LogP contribution in [0.5, 0.6) is 0 Å². The van der Waals surface area contributed by atoms with Crippen molar-refractivity contribution in [1.29, 1.82) is 0 Å². The molecule has 0 spiro atoms. The van der Waals surface area contributed by atoms with Crippen LogP contribution in [0, 0.1) is 23.1 Å². The van der Waals surface area contributed by atoms with Gasteiger partial charge in [0.2, 0.25) is 0 Å². The van der Waals surface area contributed by atoms with Crippen molar-refractivity contribution >= 4 is 39.7 Å². The number of fused-ring (bicyclic) bond motifs is 1. The Morgan fingerprint density at radius 3 is 2.93 bits per heavy atom. The van der Waals surface area contributed by atoms with Gasteiger partial charge in [0.25, 0.3) is 0 Å². The van der Waals surface area contributed by atoms with Crippen LogP contribution in [-0.2, 0) is 0 Å². The van der Waals surface area contributed by atoms with Crippen molar-refractivity contribution in [2.75, 3.05) is 31.2 Å². The minimum atomic E-state index is -0.535. The van der Waals surface area contributed by atoms with Gasteiger partial charge in [-0.15, -0.1) is 0 Å². The lowest BCUT2D eigenvalue weighted by molar-refractivity contribution is 0.175. The molecule has 0 radical (unpaired) electrons. The van der Waals surface area contributed by atoms with Gasteiger partial charge >= 0.3 is 0 Å². The van der Waals surface area contributed by atoms with Gasteiger partial charge < -0.3 is 16.0 Å². The molecule has 1 fully saturated rings. The van der Waals surface area contributed by atoms with Gasteiger partial charge in [0.15, 0.2) is 5.82 Å². The number of halogens is 2. The van der Waals surface area contributed by atoms with Gasteiger partial charge in [-0.1, -0.05) is 29.5 Å². The third kappa shape index (κ3) is 4.18. The van der Waals surface area contributed by atoms with Crippen LogP contribution in [0.3, 0.4) is 0 Å². The third-order valence-electron chi connectivity index (χ3n) is 5.40. The summed E-state index contributed by atoms with van der Waals surface area (Å²) in [6.45, 7) is 4.24. The van der Waals surface area contributed by atoms with E-state index in [1.54, 1.807) is 18.2 Å². The molecule has 0 saturated carbocycles. The Labute approximate surface area is 180 Å². The first-order chi connectivity index (χ1) is 14.3. The molecule has 0 unspecified atom stereocenters. The molecule has 3 aromatic rings. The molecule has 2 aromatic carbocycles. The highest BCUT2D eigenvalue weighted by molar-refractivity contribution is 6.31. The molecule has 4 rings (SSSR count). The molecule has 3 N–H and O–H groups in total. The molecule has 1 aliphatic rings. The van der Waals surface area contributed by atoms with E-state index in [4.69, 9.17) is 17.3 Å². The van der Waals surface area contributed by atoms with Crippen molar-refractivity contribution in [2.45, 2.75) is 19.8 Å². The van der Waals surface area contributed by atoms with Gasteiger partial charge in [-0.25, -0.2) is 14.4 Å². The summed E-state index contributed by atoms with van der Waals surface area (Å²) in [6, 6.07) is 8.39. The molecule has 0 bridgehead atoms. The molecule has 1 aromatic heterocycles. The second kappa shape index (κ2) is 8.10. The van der Waals surface area contributed by atoms with Gasteiger partial charge in [0.05, 0.1) is 16.2 Å². The van der Waals surface area contributed by atoms with Crippen molar-refractivity contribution < 1.29 is 4.39 Å². The Balaban J connectivity index is 1.69. The summed E-state index contributed by atoms with van der Waals surface area (Å²) in [5.41, 5.74) is 8.42. The number of hydrogen-bond donors (Lipinski definition) is 2. The number of nitrogens with one attached hydrogen (secondary N) is 1. The van der Waals surface area contributed by atoms with Crippen LogP contribution >= 0.6 is 11.6 Å². The number of piperidine rings is 1. The summed E-state index contributed by atoms with van der Waals surface area (Å²) in [7, 11) is 2.12. The van der Waals surface area contributed by atoms with E-state index in [1.807, 2.05) is 6.07 Å². The zero-order chi connectivity index (χ0) is 21.3. The quantitative estimate of drug-likeness (QED) is 0.456. The molecular formula is C23H23ClFN5. The molecule has 0 amide bonds. The maximum absolute atomic E-state index is 14.3. The van der Waals surface area contributed by atoms with E-state index in [1.165, 1.54) is 12.4 Å². The van der Waals surface area contributed by atoms with Crippen molar-refractivity contribution in [2.24, 2.45) is 5.41 Å². The normalized spacial score (nSPS) is 19.3. The van der Waals surface area contributed by atoms with Crippen molar-refractivity contribution in [3.8, 4) is 11.8 Å². The fraction of sp³-hybridized carbons (Fsp3) is 0.304. The number of benzene rings is 2. The Morgan fingerprint density at radius 2 is 2.13 bits per heavy atom. The summed E-state index contributed by atoms with van der Waals surface area (Å²) in [4.78, 5) is 10.9. The monoisotopic (exact) mass is 423 g/mol. The lowest BCUT2D eigenvalue weighted by Crippen LogP contribution is -2.38. The van der Waals surface area contributed by atoms with Crippen molar-refractivity contribution in [3.63, 3.8) is 0 Å². The number of anilines is 3. The standard InChI is InChI=1S/C23H23ClFN5/c1-23(8-4-10-30(2)13-23)9-7-15-11-20-16(12-18(15)26)22(28-14-27-20)29-19-6-3-5-17(24)21(19)25/h3,5-6,11-12,14H,4,8,10,13,26H2,1-2H3,(H,27,28,29)/t23-/m1/s1. The number of nitrogens with zero attached hydrogens (tertiary/aromatic N) is 3. The molecular weight excluding hydrogens is 401 g/mol. The number of nitrogens with two attached hydrogens (primary N) is 1. The van der Waals surface area contributed by atoms with Gasteiger partial charge in [0, 0.05) is 28.6 Å². The average molecular weight is 424 g/mol. The van der Waals surface area contributed by atoms with Gasteiger partial charge in [-0.2, -0.15) is 0 Å². The van der Waals surface area contributed by atoms with Crippen molar-refractivity contribution in [3.05, 3.63) is 53.1 Å². The zero-order valence-electron chi connectivity index (χ0n) is 17.0. The predicted molar refractivity (Wildman–Crippen MR) is 120 cm³/mol. The van der Waals surface area contributed by atoms with E-state index >= 15 is 0 Å². The average Bonchev–Trinajstić information content (AvgIpc) is 2.70. The number of likely N-dealkylation sites (tertiary alicyclic amines) is 1. The van der Waals surface area contributed by atoms with Crippen LogP contribution in [0.1, 0.15) is 25.3 Å². The second-order valence-electron chi connectivity index (χ2n) is 8.06. The van der Waals surface area contributed by atoms with Gasteiger partial charge in [-0.3, -0.25) is 0 Å². The molecule has 1 atom stereocenters. The molecule has 1 saturated heterocycles. The largest absolute Gasteiger partial charge is 0.398 e. The minimum Gasteiger partial charge on any atom is -0.398 e. The van der Waals surface area contributed by atoms with E-state index < -0.39 is 5.82 Å². The molecule has 7 heteroatoms. The first kappa shape index (κ1) is 20.4. The summed E-state index contributed by atoms with van der Waals surface area (Å²) in [5.74, 6) is 6.60. The predicted octanol–water partition coefficient (Wildman–Crippen LogP) is 4.83. The fourth-order valence-corrected chi connectivity index (χ4v) is 4.04. The van der Waals surface area contributed by atoms with Crippen LogP contribution in [-0.4, -0.2) is 35.0 Å². The smallest absolute Gasteiger partial charge is 0.165 e. The highest BCUT2D eigenvalue weighted by Gasteiger charge is 2.27. The summed E-state index contributed by atoms with van der Waals surface area (Å²) in [5, 5.41) is 3.71. The Morgan fingerprint density at radius 1 is 1.30 bits per heavy atom. The van der Waals surface area contributed by atoms with E-state index in [2.05, 4.69) is 46.0 Å². The van der Waals surface area contributed by atoms with Crippen LogP contribution in [0.4, 0.5) is 21.6 Å². The van der Waals surface area contributed by atoms with Gasteiger partial charge in [-0.05, 0) is 57.6 Å². The number of hydrogen-bond acceptors (Lipinski definition) is 5. The molecule has 1 aliphatic heterocycles. The van der Waals surface area contributed by atoms with E-state index in [0.717, 1.165) is 31.5 Å². The van der Waals surface area contributed by atoms with E-state index in [0.29, 0.717) is 22.4 Å². The molecule has 2 heterocycles. The maximum atomic E-state index is 14.3. The lowest BCUT2D eigenvalue weighted by Gasteiger charge is -2.34.